The zero-order valence-corrected chi connectivity index (χ0v) is 7.09. The first-order chi connectivity index (χ1) is 6.15. The van der Waals surface area contributed by atoms with Gasteiger partial charge in [-0.05, 0) is 19.1 Å². The summed E-state index contributed by atoms with van der Waals surface area (Å²) >= 11 is 0. The zero-order chi connectivity index (χ0) is 9.84. The Balaban J connectivity index is 3.12. The molecule has 0 spiro atoms. The molecule has 0 unspecified atom stereocenters. The van der Waals surface area contributed by atoms with Crippen LogP contribution < -0.4 is 0 Å². The van der Waals surface area contributed by atoms with E-state index in [1.54, 1.807) is 6.92 Å². The van der Waals surface area contributed by atoms with Gasteiger partial charge in [-0.1, -0.05) is 0 Å². The van der Waals surface area contributed by atoms with Gasteiger partial charge in [-0.25, -0.2) is 8.78 Å². The maximum Gasteiger partial charge on any atom is 0.265 e. The minimum absolute atomic E-state index is 0.0681. The molecule has 0 atom stereocenters. The van der Waals surface area contributed by atoms with Crippen molar-refractivity contribution in [2.75, 3.05) is 0 Å². The Kier molecular flexibility index (Phi) is 2.91. The van der Waals surface area contributed by atoms with Crippen molar-refractivity contribution in [3.05, 3.63) is 29.1 Å². The highest BCUT2D eigenvalue weighted by Gasteiger charge is 2.13. The lowest BCUT2D eigenvalue weighted by molar-refractivity contribution is 0.150. The second-order valence-corrected chi connectivity index (χ2v) is 2.62. The molecule has 0 bridgehead atoms. The number of pyridine rings is 1. The summed E-state index contributed by atoms with van der Waals surface area (Å²) in [5.41, 5.74) is 0.680. The molecule has 68 valence electrons. The lowest BCUT2D eigenvalue weighted by Crippen LogP contribution is -1.98. The quantitative estimate of drug-likeness (QED) is 0.704. The molecule has 0 aliphatic rings. The van der Waals surface area contributed by atoms with Gasteiger partial charge in [0, 0.05) is 11.3 Å². The van der Waals surface area contributed by atoms with Gasteiger partial charge in [0.1, 0.15) is 0 Å². The molecule has 0 saturated heterocycles. The Labute approximate surface area is 74.8 Å². The molecule has 1 rings (SSSR count). The first-order valence-corrected chi connectivity index (χ1v) is 3.76. The normalized spacial score (nSPS) is 10.1. The average Bonchev–Trinajstić information content (AvgIpc) is 2.04. The second-order valence-electron chi connectivity index (χ2n) is 2.62. The molecule has 0 amide bonds. The van der Waals surface area contributed by atoms with Gasteiger partial charge >= 0.3 is 0 Å². The van der Waals surface area contributed by atoms with E-state index in [0.717, 1.165) is 0 Å². The second kappa shape index (κ2) is 3.94. The van der Waals surface area contributed by atoms with E-state index >= 15 is 0 Å². The highest BCUT2D eigenvalue weighted by Crippen LogP contribution is 2.21. The number of halogens is 2. The summed E-state index contributed by atoms with van der Waals surface area (Å²) in [4.78, 5) is 3.88. The number of aromatic nitrogens is 1. The molecule has 0 aliphatic carbocycles. The van der Waals surface area contributed by atoms with Crippen molar-refractivity contribution in [3.63, 3.8) is 0 Å². The summed E-state index contributed by atoms with van der Waals surface area (Å²) in [5.74, 6) is 0. The van der Waals surface area contributed by atoms with E-state index in [2.05, 4.69) is 4.98 Å². The van der Waals surface area contributed by atoms with Crippen molar-refractivity contribution >= 4 is 0 Å². The zero-order valence-electron chi connectivity index (χ0n) is 7.09. The third-order valence-electron chi connectivity index (χ3n) is 1.63. The molecule has 0 saturated carbocycles. The Morgan fingerprint density at radius 1 is 1.54 bits per heavy atom. The number of alkyl halides is 2. The highest BCUT2D eigenvalue weighted by atomic mass is 19.3. The minimum atomic E-state index is -2.56. The first-order valence-electron chi connectivity index (χ1n) is 3.76. The monoisotopic (exact) mass is 182 g/mol. The molecule has 0 aromatic carbocycles. The third kappa shape index (κ3) is 2.22. The van der Waals surface area contributed by atoms with E-state index in [0.29, 0.717) is 5.69 Å². The van der Waals surface area contributed by atoms with Gasteiger partial charge < -0.3 is 0 Å². The van der Waals surface area contributed by atoms with Crippen LogP contribution in [0.25, 0.3) is 0 Å². The first kappa shape index (κ1) is 9.59. The van der Waals surface area contributed by atoms with Gasteiger partial charge in [-0.2, -0.15) is 5.26 Å². The van der Waals surface area contributed by atoms with E-state index in [4.69, 9.17) is 5.26 Å². The van der Waals surface area contributed by atoms with Crippen molar-refractivity contribution in [1.82, 2.24) is 4.98 Å². The molecule has 0 aliphatic heterocycles. The largest absolute Gasteiger partial charge is 0.265 e. The molecule has 2 nitrogen and oxygen atoms in total. The number of nitriles is 1. The third-order valence-corrected chi connectivity index (χ3v) is 1.63. The van der Waals surface area contributed by atoms with Crippen LogP contribution in [0, 0.1) is 18.3 Å². The lowest BCUT2D eigenvalue weighted by Gasteiger charge is -2.05. The van der Waals surface area contributed by atoms with E-state index in [1.807, 2.05) is 6.07 Å². The summed E-state index contributed by atoms with van der Waals surface area (Å²) in [6, 6.07) is 4.65. The average molecular weight is 182 g/mol. The number of hydrogen-bond donors (Lipinski definition) is 0. The van der Waals surface area contributed by atoms with Crippen molar-refractivity contribution in [2.24, 2.45) is 0 Å². The van der Waals surface area contributed by atoms with Gasteiger partial charge in [-0.3, -0.25) is 4.98 Å². The van der Waals surface area contributed by atoms with Gasteiger partial charge in [0.15, 0.2) is 0 Å². The van der Waals surface area contributed by atoms with E-state index in [-0.39, 0.29) is 17.7 Å². The van der Waals surface area contributed by atoms with Gasteiger partial charge in [-0.15, -0.1) is 0 Å². The molecule has 4 heteroatoms. The predicted octanol–water partition coefficient (Wildman–Crippen LogP) is 2.39. The Hall–Kier alpha value is -1.50. The smallest absolute Gasteiger partial charge is 0.257 e. The summed E-state index contributed by atoms with van der Waals surface area (Å²) in [6.45, 7) is 1.70. The van der Waals surface area contributed by atoms with Crippen LogP contribution in [0.4, 0.5) is 8.78 Å². The number of rotatable bonds is 2. The van der Waals surface area contributed by atoms with Crippen LogP contribution in [0.5, 0.6) is 0 Å². The Morgan fingerprint density at radius 3 is 2.77 bits per heavy atom. The lowest BCUT2D eigenvalue weighted by atomic mass is 10.1. The Bertz CT molecular complexity index is 342. The SMILES string of the molecule is Cc1ccc(C(F)F)c(CC#N)n1. The van der Waals surface area contributed by atoms with Crippen LogP contribution in [0.1, 0.15) is 23.4 Å². The maximum atomic E-state index is 12.3. The fourth-order valence-electron chi connectivity index (χ4n) is 1.04. The van der Waals surface area contributed by atoms with E-state index in [1.165, 1.54) is 12.1 Å². The van der Waals surface area contributed by atoms with Crippen molar-refractivity contribution in [1.29, 1.82) is 5.26 Å². The molecule has 1 aromatic rings. The maximum absolute atomic E-state index is 12.3. The van der Waals surface area contributed by atoms with Crippen LogP contribution in [0.15, 0.2) is 12.1 Å². The summed E-state index contributed by atoms with van der Waals surface area (Å²) in [5, 5.41) is 8.38. The van der Waals surface area contributed by atoms with Gasteiger partial charge in [0.25, 0.3) is 6.43 Å². The minimum Gasteiger partial charge on any atom is -0.257 e. The molecule has 1 aromatic heterocycles. The van der Waals surface area contributed by atoms with Gasteiger partial charge in [0.2, 0.25) is 0 Å². The number of aryl methyl sites for hydroxylation is 1. The molecule has 1 heterocycles. The highest BCUT2D eigenvalue weighted by molar-refractivity contribution is 5.25. The van der Waals surface area contributed by atoms with Crippen molar-refractivity contribution in [2.45, 2.75) is 19.8 Å². The van der Waals surface area contributed by atoms with Crippen LogP contribution >= 0.6 is 0 Å². The summed E-state index contributed by atoms with van der Waals surface area (Å²) in [7, 11) is 0. The molecular weight excluding hydrogens is 174 g/mol. The van der Waals surface area contributed by atoms with Crippen LogP contribution in [-0.4, -0.2) is 4.98 Å². The van der Waals surface area contributed by atoms with Gasteiger partial charge in [0.05, 0.1) is 18.2 Å². The van der Waals surface area contributed by atoms with E-state index < -0.39 is 6.43 Å². The van der Waals surface area contributed by atoms with Crippen LogP contribution in [0.2, 0.25) is 0 Å². The summed E-state index contributed by atoms with van der Waals surface area (Å²) in [6.07, 6.45) is -2.63. The molecule has 13 heavy (non-hydrogen) atoms. The standard InChI is InChI=1S/C9H8F2N2/c1-6-2-3-7(9(10)11)8(13-6)4-5-12/h2-3,9H,4H2,1H3. The molecule has 0 fully saturated rings. The predicted molar refractivity (Wildman–Crippen MR) is 43.2 cm³/mol. The molecular formula is C9H8F2N2. The Morgan fingerprint density at radius 2 is 2.23 bits per heavy atom. The van der Waals surface area contributed by atoms with Crippen molar-refractivity contribution in [3.8, 4) is 6.07 Å². The fourth-order valence-corrected chi connectivity index (χ4v) is 1.04. The topological polar surface area (TPSA) is 36.7 Å². The fraction of sp³-hybridized carbons (Fsp3) is 0.333. The summed E-state index contributed by atoms with van der Waals surface area (Å²) < 4.78 is 24.7. The number of nitrogens with zero attached hydrogens (tertiary/aromatic N) is 2. The molecule has 0 N–H and O–H groups in total. The number of hydrogen-bond acceptors (Lipinski definition) is 2. The molecule has 0 radical (unpaired) electrons. The van der Waals surface area contributed by atoms with Crippen LogP contribution in [0.3, 0.4) is 0 Å². The van der Waals surface area contributed by atoms with Crippen molar-refractivity contribution < 1.29 is 8.78 Å². The van der Waals surface area contributed by atoms with Crippen LogP contribution in [-0.2, 0) is 6.42 Å². The van der Waals surface area contributed by atoms with E-state index in [9.17, 15) is 8.78 Å².